The van der Waals surface area contributed by atoms with E-state index < -0.39 is 6.09 Å². The average molecular weight is 328 g/mol. The van der Waals surface area contributed by atoms with E-state index >= 15 is 0 Å². The molecule has 0 aromatic heterocycles. The lowest BCUT2D eigenvalue weighted by atomic mass is 10.3. The predicted molar refractivity (Wildman–Crippen MR) is 95.4 cm³/mol. The van der Waals surface area contributed by atoms with Crippen LogP contribution in [0, 0.1) is 0 Å². The first kappa shape index (κ1) is 17.8. The van der Waals surface area contributed by atoms with E-state index in [1.807, 2.05) is 67.7 Å². The van der Waals surface area contributed by atoms with Gasteiger partial charge in [0.15, 0.2) is 0 Å². The Hall–Kier alpha value is -2.53. The smallest absolute Gasteiger partial charge is 0.411 e. The van der Waals surface area contributed by atoms with Crippen LogP contribution in [0.2, 0.25) is 0 Å². The molecule has 0 saturated heterocycles. The molecule has 24 heavy (non-hydrogen) atoms. The summed E-state index contributed by atoms with van der Waals surface area (Å²) in [6, 6.07) is 19.2. The number of ether oxygens (including phenoxy) is 2. The van der Waals surface area contributed by atoms with Gasteiger partial charge in [-0.25, -0.2) is 4.79 Å². The van der Waals surface area contributed by atoms with Crippen molar-refractivity contribution < 1.29 is 14.3 Å². The fraction of sp³-hybridized carbons (Fsp3) is 0.316. The summed E-state index contributed by atoms with van der Waals surface area (Å²) in [6.07, 6.45) is -0.442. The SMILES string of the molecule is CC(COc1ccccc1)N(C)CCOC(=O)Nc1ccccc1. The van der Waals surface area contributed by atoms with Crippen LogP contribution in [-0.2, 0) is 4.74 Å². The van der Waals surface area contributed by atoms with Crippen molar-refractivity contribution in [2.45, 2.75) is 13.0 Å². The summed E-state index contributed by atoms with van der Waals surface area (Å²) in [5, 5.41) is 2.69. The number of para-hydroxylation sites is 2. The van der Waals surface area contributed by atoms with Crippen molar-refractivity contribution in [1.29, 1.82) is 0 Å². The number of rotatable bonds is 8. The topological polar surface area (TPSA) is 50.8 Å². The minimum atomic E-state index is -0.442. The average Bonchev–Trinajstić information content (AvgIpc) is 2.61. The zero-order valence-electron chi connectivity index (χ0n) is 14.1. The van der Waals surface area contributed by atoms with Crippen molar-refractivity contribution in [2.75, 3.05) is 32.1 Å². The summed E-state index contributed by atoms with van der Waals surface area (Å²) < 4.78 is 10.9. The van der Waals surface area contributed by atoms with Gasteiger partial charge in [0.1, 0.15) is 19.0 Å². The third-order valence-electron chi connectivity index (χ3n) is 3.68. The Morgan fingerprint density at radius 1 is 1.08 bits per heavy atom. The first-order chi connectivity index (χ1) is 11.6. The molecule has 2 aromatic carbocycles. The van der Waals surface area contributed by atoms with Gasteiger partial charge in [-0.3, -0.25) is 10.2 Å². The molecule has 0 aliphatic heterocycles. The van der Waals surface area contributed by atoms with Crippen molar-refractivity contribution in [3.05, 3.63) is 60.7 Å². The van der Waals surface area contributed by atoms with Gasteiger partial charge >= 0.3 is 6.09 Å². The second-order valence-corrected chi connectivity index (χ2v) is 5.58. The van der Waals surface area contributed by atoms with E-state index in [2.05, 4.69) is 17.1 Å². The van der Waals surface area contributed by atoms with Crippen LogP contribution in [0.1, 0.15) is 6.92 Å². The maximum atomic E-state index is 11.7. The number of hydrogen-bond donors (Lipinski definition) is 1. The van der Waals surface area contributed by atoms with Crippen LogP contribution >= 0.6 is 0 Å². The second kappa shape index (κ2) is 9.57. The normalized spacial score (nSPS) is 11.8. The summed E-state index contributed by atoms with van der Waals surface area (Å²) in [4.78, 5) is 13.8. The third kappa shape index (κ3) is 6.30. The predicted octanol–water partition coefficient (Wildman–Crippen LogP) is 3.63. The van der Waals surface area contributed by atoms with Crippen LogP contribution in [0.3, 0.4) is 0 Å². The van der Waals surface area contributed by atoms with E-state index in [0.29, 0.717) is 19.8 Å². The molecule has 0 spiro atoms. The Morgan fingerprint density at radius 2 is 1.71 bits per heavy atom. The zero-order valence-corrected chi connectivity index (χ0v) is 14.1. The highest BCUT2D eigenvalue weighted by Crippen LogP contribution is 2.09. The van der Waals surface area contributed by atoms with E-state index in [-0.39, 0.29) is 6.04 Å². The van der Waals surface area contributed by atoms with Gasteiger partial charge in [0.25, 0.3) is 0 Å². The molecule has 0 saturated carbocycles. The standard InChI is InChI=1S/C19H24N2O3/c1-16(15-24-18-11-7-4-8-12-18)21(2)13-14-23-19(22)20-17-9-5-3-6-10-17/h3-12,16H,13-15H2,1-2H3,(H,20,22). The molecule has 1 atom stereocenters. The molecular weight excluding hydrogens is 304 g/mol. The Kier molecular flexibility index (Phi) is 7.11. The first-order valence-corrected chi connectivity index (χ1v) is 8.02. The highest BCUT2D eigenvalue weighted by molar-refractivity contribution is 5.84. The molecular formula is C19H24N2O3. The van der Waals surface area contributed by atoms with Crippen LogP contribution in [0.15, 0.2) is 60.7 Å². The van der Waals surface area contributed by atoms with Crippen molar-refractivity contribution in [3.8, 4) is 5.75 Å². The number of carbonyl (C=O) groups excluding carboxylic acids is 1. The highest BCUT2D eigenvalue weighted by atomic mass is 16.5. The molecule has 1 unspecified atom stereocenters. The van der Waals surface area contributed by atoms with Crippen LogP contribution in [-0.4, -0.2) is 43.8 Å². The molecule has 2 aromatic rings. The molecule has 0 aliphatic rings. The van der Waals surface area contributed by atoms with Crippen molar-refractivity contribution in [3.63, 3.8) is 0 Å². The van der Waals surface area contributed by atoms with Crippen molar-refractivity contribution >= 4 is 11.8 Å². The van der Waals surface area contributed by atoms with E-state index in [1.165, 1.54) is 0 Å². The summed E-state index contributed by atoms with van der Waals surface area (Å²) in [6.45, 7) is 3.62. The Bertz CT molecular complexity index is 605. The van der Waals surface area contributed by atoms with Gasteiger partial charge in [-0.1, -0.05) is 36.4 Å². The molecule has 1 amide bonds. The summed E-state index contributed by atoms with van der Waals surface area (Å²) in [5.74, 6) is 0.858. The van der Waals surface area contributed by atoms with Gasteiger partial charge in [-0.2, -0.15) is 0 Å². The van der Waals surface area contributed by atoms with Crippen LogP contribution < -0.4 is 10.1 Å². The number of nitrogens with zero attached hydrogens (tertiary/aromatic N) is 1. The van der Waals surface area contributed by atoms with Gasteiger partial charge < -0.3 is 9.47 Å². The largest absolute Gasteiger partial charge is 0.492 e. The fourth-order valence-electron chi connectivity index (χ4n) is 2.04. The Morgan fingerprint density at radius 3 is 2.38 bits per heavy atom. The molecule has 128 valence electrons. The van der Waals surface area contributed by atoms with Crippen LogP contribution in [0.5, 0.6) is 5.75 Å². The maximum absolute atomic E-state index is 11.7. The lowest BCUT2D eigenvalue weighted by Gasteiger charge is -2.24. The fourth-order valence-corrected chi connectivity index (χ4v) is 2.04. The van der Waals surface area contributed by atoms with Gasteiger partial charge in [-0.05, 0) is 38.2 Å². The lowest BCUT2D eigenvalue weighted by Crippen LogP contribution is -2.36. The summed E-state index contributed by atoms with van der Waals surface area (Å²) in [7, 11) is 1.98. The number of amides is 1. The van der Waals surface area contributed by atoms with E-state index in [0.717, 1.165) is 11.4 Å². The summed E-state index contributed by atoms with van der Waals surface area (Å²) >= 11 is 0. The Balaban J connectivity index is 1.63. The minimum Gasteiger partial charge on any atom is -0.492 e. The number of benzene rings is 2. The van der Waals surface area contributed by atoms with E-state index in [4.69, 9.17) is 9.47 Å². The zero-order chi connectivity index (χ0) is 17.2. The van der Waals surface area contributed by atoms with Gasteiger partial charge in [0, 0.05) is 18.3 Å². The molecule has 0 aliphatic carbocycles. The molecule has 0 heterocycles. The Labute approximate surface area is 143 Å². The lowest BCUT2D eigenvalue weighted by molar-refractivity contribution is 0.121. The van der Waals surface area contributed by atoms with Crippen molar-refractivity contribution in [1.82, 2.24) is 4.90 Å². The van der Waals surface area contributed by atoms with Crippen LogP contribution in [0.25, 0.3) is 0 Å². The number of anilines is 1. The second-order valence-electron chi connectivity index (χ2n) is 5.58. The number of carbonyl (C=O) groups is 1. The van der Waals surface area contributed by atoms with Gasteiger partial charge in [-0.15, -0.1) is 0 Å². The molecule has 0 fully saturated rings. The molecule has 5 nitrogen and oxygen atoms in total. The number of hydrogen-bond acceptors (Lipinski definition) is 4. The van der Waals surface area contributed by atoms with Gasteiger partial charge in [0.2, 0.25) is 0 Å². The quantitative estimate of drug-likeness (QED) is 0.804. The maximum Gasteiger partial charge on any atom is 0.411 e. The highest BCUT2D eigenvalue weighted by Gasteiger charge is 2.11. The van der Waals surface area contributed by atoms with Crippen molar-refractivity contribution in [2.24, 2.45) is 0 Å². The van der Waals surface area contributed by atoms with E-state index in [9.17, 15) is 4.79 Å². The molecule has 0 bridgehead atoms. The van der Waals surface area contributed by atoms with E-state index in [1.54, 1.807) is 0 Å². The molecule has 0 radical (unpaired) electrons. The molecule has 5 heteroatoms. The number of likely N-dealkylation sites (N-methyl/N-ethyl adjacent to an activating group) is 1. The minimum absolute atomic E-state index is 0.214. The van der Waals surface area contributed by atoms with Gasteiger partial charge in [0.05, 0.1) is 0 Å². The first-order valence-electron chi connectivity index (χ1n) is 8.02. The molecule has 2 rings (SSSR count). The number of nitrogens with one attached hydrogen (secondary N) is 1. The third-order valence-corrected chi connectivity index (χ3v) is 3.68. The van der Waals surface area contributed by atoms with Crippen LogP contribution in [0.4, 0.5) is 10.5 Å². The molecule has 1 N–H and O–H groups in total. The summed E-state index contributed by atoms with van der Waals surface area (Å²) in [5.41, 5.74) is 0.723. The monoisotopic (exact) mass is 328 g/mol.